The van der Waals surface area contributed by atoms with Crippen LogP contribution in [0.5, 0.6) is 5.75 Å². The van der Waals surface area contributed by atoms with Gasteiger partial charge >= 0.3 is 0 Å². The lowest BCUT2D eigenvalue weighted by molar-refractivity contribution is -0.123. The number of hydrogen-bond donors (Lipinski definition) is 2. The quantitative estimate of drug-likeness (QED) is 0.422. The van der Waals surface area contributed by atoms with Crippen molar-refractivity contribution < 1.29 is 18.7 Å². The van der Waals surface area contributed by atoms with Gasteiger partial charge in [0.15, 0.2) is 6.61 Å². The molecule has 2 N–H and O–H groups in total. The molecule has 3 aromatic carbocycles. The number of amides is 2. The number of nitrogens with one attached hydrogen (secondary N) is 2. The molecule has 164 valence electrons. The molecule has 32 heavy (non-hydrogen) atoms. The maximum atomic E-state index is 13.8. The molecule has 0 aliphatic carbocycles. The minimum Gasteiger partial charge on any atom is -0.483 e. The Hall–Kier alpha value is -4.00. The predicted molar refractivity (Wildman–Crippen MR) is 123 cm³/mol. The number of halogens is 1. The molecule has 0 aromatic heterocycles. The van der Waals surface area contributed by atoms with Gasteiger partial charge in [0.2, 0.25) is 0 Å². The molecule has 0 atom stereocenters. The van der Waals surface area contributed by atoms with E-state index in [0.717, 1.165) is 11.1 Å². The van der Waals surface area contributed by atoms with Crippen molar-refractivity contribution in [3.63, 3.8) is 0 Å². The third kappa shape index (κ3) is 6.01. The summed E-state index contributed by atoms with van der Waals surface area (Å²) in [5.74, 6) is -0.884. The van der Waals surface area contributed by atoms with E-state index in [4.69, 9.17) is 4.74 Å². The predicted octanol–water partition coefficient (Wildman–Crippen LogP) is 4.61. The Morgan fingerprint density at radius 2 is 1.78 bits per heavy atom. The molecule has 0 saturated heterocycles. The van der Waals surface area contributed by atoms with E-state index in [0.29, 0.717) is 22.7 Å². The summed E-state index contributed by atoms with van der Waals surface area (Å²) in [7, 11) is 0. The highest BCUT2D eigenvalue weighted by Crippen LogP contribution is 2.19. The second-order valence-corrected chi connectivity index (χ2v) is 7.30. The van der Waals surface area contributed by atoms with E-state index in [1.807, 2.05) is 32.0 Å². The van der Waals surface area contributed by atoms with E-state index >= 15 is 0 Å². The third-order valence-electron chi connectivity index (χ3n) is 4.71. The van der Waals surface area contributed by atoms with Gasteiger partial charge in [0.05, 0.1) is 11.3 Å². The van der Waals surface area contributed by atoms with Gasteiger partial charge in [-0.15, -0.1) is 0 Å². The highest BCUT2D eigenvalue weighted by molar-refractivity contribution is 6.05. The first-order chi connectivity index (χ1) is 15.3. The molecule has 6 nitrogen and oxygen atoms in total. The zero-order valence-electron chi connectivity index (χ0n) is 18.1. The van der Waals surface area contributed by atoms with Crippen LogP contribution in [-0.2, 0) is 4.79 Å². The van der Waals surface area contributed by atoms with Gasteiger partial charge in [0, 0.05) is 5.69 Å². The van der Waals surface area contributed by atoms with Crippen molar-refractivity contribution >= 4 is 23.2 Å². The van der Waals surface area contributed by atoms with Gasteiger partial charge < -0.3 is 10.1 Å². The van der Waals surface area contributed by atoms with Crippen LogP contribution in [0.15, 0.2) is 71.8 Å². The van der Waals surface area contributed by atoms with Crippen LogP contribution in [0, 0.1) is 19.7 Å². The highest BCUT2D eigenvalue weighted by atomic mass is 19.1. The molecule has 2 amide bonds. The number of benzene rings is 3. The number of anilines is 1. The SMILES string of the molecule is C/C(=N/NC(=O)COc1cc(C)ccc1C)c1cccc(NC(=O)c2ccccc2F)c1. The second-order valence-electron chi connectivity index (χ2n) is 7.30. The van der Waals surface area contributed by atoms with Gasteiger partial charge in [-0.3, -0.25) is 9.59 Å². The van der Waals surface area contributed by atoms with Crippen LogP contribution in [0.4, 0.5) is 10.1 Å². The van der Waals surface area contributed by atoms with Crippen molar-refractivity contribution in [2.75, 3.05) is 11.9 Å². The van der Waals surface area contributed by atoms with E-state index in [1.165, 1.54) is 18.2 Å². The van der Waals surface area contributed by atoms with E-state index in [1.54, 1.807) is 37.3 Å². The molecule has 0 heterocycles. The number of carbonyl (C=O) groups is 2. The highest BCUT2D eigenvalue weighted by Gasteiger charge is 2.11. The fourth-order valence-corrected chi connectivity index (χ4v) is 2.91. The second kappa shape index (κ2) is 10.3. The molecule has 0 bridgehead atoms. The number of ether oxygens (including phenoxy) is 1. The topological polar surface area (TPSA) is 79.8 Å². The number of carbonyl (C=O) groups excluding carboxylic acids is 2. The van der Waals surface area contributed by atoms with Crippen LogP contribution in [0.3, 0.4) is 0 Å². The minimum atomic E-state index is -0.593. The molecular formula is C25H24FN3O3. The number of aryl methyl sites for hydroxylation is 2. The average Bonchev–Trinajstić information content (AvgIpc) is 2.78. The Morgan fingerprint density at radius 3 is 2.56 bits per heavy atom. The zero-order chi connectivity index (χ0) is 23.1. The van der Waals surface area contributed by atoms with Gasteiger partial charge in [0.25, 0.3) is 11.8 Å². The Bertz CT molecular complexity index is 1170. The van der Waals surface area contributed by atoms with Crippen molar-refractivity contribution in [2.45, 2.75) is 20.8 Å². The largest absolute Gasteiger partial charge is 0.483 e. The molecule has 3 rings (SSSR count). The van der Waals surface area contributed by atoms with E-state index in [2.05, 4.69) is 15.8 Å². The zero-order valence-corrected chi connectivity index (χ0v) is 18.1. The van der Waals surface area contributed by atoms with Gasteiger partial charge in [-0.25, -0.2) is 9.82 Å². The lowest BCUT2D eigenvalue weighted by Gasteiger charge is -2.10. The van der Waals surface area contributed by atoms with Crippen LogP contribution in [-0.4, -0.2) is 24.1 Å². The Morgan fingerprint density at radius 1 is 1.00 bits per heavy atom. The molecular weight excluding hydrogens is 409 g/mol. The molecule has 3 aromatic rings. The van der Waals surface area contributed by atoms with E-state index in [9.17, 15) is 14.0 Å². The maximum Gasteiger partial charge on any atom is 0.277 e. The third-order valence-corrected chi connectivity index (χ3v) is 4.71. The van der Waals surface area contributed by atoms with Crippen LogP contribution in [0.2, 0.25) is 0 Å². The van der Waals surface area contributed by atoms with Crippen molar-refractivity contribution in [3.05, 3.63) is 94.8 Å². The molecule has 0 unspecified atom stereocenters. The first-order valence-corrected chi connectivity index (χ1v) is 10.0. The summed E-state index contributed by atoms with van der Waals surface area (Å²) in [5.41, 5.74) is 6.11. The smallest absolute Gasteiger partial charge is 0.277 e. The molecule has 7 heteroatoms. The Balaban J connectivity index is 1.60. The van der Waals surface area contributed by atoms with Gasteiger partial charge in [-0.1, -0.05) is 36.4 Å². The standard InChI is InChI=1S/C25H24FN3O3/c1-16-11-12-17(2)23(13-16)32-15-24(30)29-28-18(3)19-7-6-8-20(14-19)27-25(31)21-9-4-5-10-22(21)26/h4-14H,15H2,1-3H3,(H,27,31)(H,29,30)/b28-18-. The van der Waals surface area contributed by atoms with Crippen molar-refractivity contribution in [3.8, 4) is 5.75 Å². The van der Waals surface area contributed by atoms with Crippen LogP contribution in [0.1, 0.15) is 34.0 Å². The first-order valence-electron chi connectivity index (χ1n) is 10.0. The van der Waals surface area contributed by atoms with Crippen LogP contribution in [0.25, 0.3) is 0 Å². The summed E-state index contributed by atoms with van der Waals surface area (Å²) >= 11 is 0. The van der Waals surface area contributed by atoms with Gasteiger partial charge in [0.1, 0.15) is 11.6 Å². The summed E-state index contributed by atoms with van der Waals surface area (Å²) in [6, 6.07) is 18.4. The maximum absolute atomic E-state index is 13.8. The molecule has 0 fully saturated rings. The Kier molecular flexibility index (Phi) is 7.33. The molecule has 0 radical (unpaired) electrons. The number of hydrogen-bond acceptors (Lipinski definition) is 4. The number of nitrogens with zero attached hydrogens (tertiary/aromatic N) is 1. The van der Waals surface area contributed by atoms with Crippen LogP contribution < -0.4 is 15.5 Å². The molecule has 0 saturated carbocycles. The summed E-state index contributed by atoms with van der Waals surface area (Å²) in [6.07, 6.45) is 0. The number of hydrazone groups is 1. The summed E-state index contributed by atoms with van der Waals surface area (Å²) < 4.78 is 19.4. The van der Waals surface area contributed by atoms with E-state index in [-0.39, 0.29) is 12.2 Å². The van der Waals surface area contributed by atoms with Crippen molar-refractivity contribution in [2.24, 2.45) is 5.10 Å². The lowest BCUT2D eigenvalue weighted by Crippen LogP contribution is -2.25. The Labute approximate surface area is 186 Å². The molecule has 0 aliphatic heterocycles. The van der Waals surface area contributed by atoms with Crippen molar-refractivity contribution in [1.29, 1.82) is 0 Å². The fraction of sp³-hybridized carbons (Fsp3) is 0.160. The van der Waals surface area contributed by atoms with Gasteiger partial charge in [-0.2, -0.15) is 5.10 Å². The summed E-state index contributed by atoms with van der Waals surface area (Å²) in [4.78, 5) is 24.4. The molecule has 0 spiro atoms. The van der Waals surface area contributed by atoms with E-state index < -0.39 is 17.6 Å². The van der Waals surface area contributed by atoms with Crippen molar-refractivity contribution in [1.82, 2.24) is 5.43 Å². The number of rotatable bonds is 7. The molecule has 0 aliphatic rings. The monoisotopic (exact) mass is 433 g/mol. The van der Waals surface area contributed by atoms with Gasteiger partial charge in [-0.05, 0) is 67.8 Å². The average molecular weight is 433 g/mol. The lowest BCUT2D eigenvalue weighted by atomic mass is 10.1. The first kappa shape index (κ1) is 22.7. The fourth-order valence-electron chi connectivity index (χ4n) is 2.91. The summed E-state index contributed by atoms with van der Waals surface area (Å²) in [6.45, 7) is 5.42. The minimum absolute atomic E-state index is 0.0422. The van der Waals surface area contributed by atoms with Crippen LogP contribution >= 0.6 is 0 Å². The summed E-state index contributed by atoms with van der Waals surface area (Å²) in [5, 5.41) is 6.77. The normalized spacial score (nSPS) is 11.1.